The number of nitriles is 1. The van der Waals surface area contributed by atoms with Crippen LogP contribution in [0, 0.1) is 11.3 Å². The highest BCUT2D eigenvalue weighted by Crippen LogP contribution is 2.29. The Kier molecular flexibility index (Phi) is 7.21. The van der Waals surface area contributed by atoms with Gasteiger partial charge in [-0.2, -0.15) is 18.4 Å². The summed E-state index contributed by atoms with van der Waals surface area (Å²) >= 11 is 0. The number of unbranched alkanes of at least 4 members (excludes halogenated alkanes) is 1. The van der Waals surface area contributed by atoms with Gasteiger partial charge in [-0.25, -0.2) is 0 Å². The summed E-state index contributed by atoms with van der Waals surface area (Å²) in [4.78, 5) is 12.2. The van der Waals surface area contributed by atoms with Crippen LogP contribution >= 0.6 is 0 Å². The molecule has 7 heteroatoms. The number of nitrogens with zero attached hydrogens (tertiary/aromatic N) is 1. The van der Waals surface area contributed by atoms with Crippen molar-refractivity contribution in [3.8, 4) is 6.07 Å². The molecule has 146 valence electrons. The molecule has 4 nitrogen and oxygen atoms in total. The summed E-state index contributed by atoms with van der Waals surface area (Å²) in [6, 6.07) is 13.4. The monoisotopic (exact) mass is 387 g/mol. The van der Waals surface area contributed by atoms with E-state index in [0.29, 0.717) is 11.4 Å². The Labute approximate surface area is 161 Å². The van der Waals surface area contributed by atoms with Gasteiger partial charge in [0.1, 0.15) is 11.6 Å². The van der Waals surface area contributed by atoms with Crippen molar-refractivity contribution in [2.75, 3.05) is 10.6 Å². The normalized spacial score (nSPS) is 11.6. The number of halogens is 3. The van der Waals surface area contributed by atoms with E-state index < -0.39 is 17.6 Å². The van der Waals surface area contributed by atoms with Gasteiger partial charge in [-0.3, -0.25) is 4.79 Å². The molecule has 28 heavy (non-hydrogen) atoms. The Bertz CT molecular complexity index is 864. The van der Waals surface area contributed by atoms with Crippen molar-refractivity contribution in [3.05, 3.63) is 71.4 Å². The number of hydrogen-bond acceptors (Lipinski definition) is 3. The highest BCUT2D eigenvalue weighted by atomic mass is 19.4. The van der Waals surface area contributed by atoms with Gasteiger partial charge in [-0.15, -0.1) is 0 Å². The second-order valence-electron chi connectivity index (χ2n) is 6.14. The molecule has 0 saturated heterocycles. The average molecular weight is 387 g/mol. The molecule has 0 atom stereocenters. The summed E-state index contributed by atoms with van der Waals surface area (Å²) in [5.74, 6) is -0.608. The molecule has 2 rings (SSSR count). The summed E-state index contributed by atoms with van der Waals surface area (Å²) in [5, 5.41) is 14.5. The zero-order valence-electron chi connectivity index (χ0n) is 15.3. The van der Waals surface area contributed by atoms with E-state index in [9.17, 15) is 23.2 Å². The third kappa shape index (κ3) is 6.16. The molecule has 0 radical (unpaired) electrons. The van der Waals surface area contributed by atoms with Crippen molar-refractivity contribution >= 4 is 17.3 Å². The van der Waals surface area contributed by atoms with E-state index in [4.69, 9.17) is 0 Å². The lowest BCUT2D eigenvalue weighted by Crippen LogP contribution is -2.14. The third-order valence-corrected chi connectivity index (χ3v) is 3.99. The van der Waals surface area contributed by atoms with E-state index in [1.807, 2.05) is 12.1 Å². The number of anilines is 2. The third-order valence-electron chi connectivity index (χ3n) is 3.99. The first-order valence-electron chi connectivity index (χ1n) is 8.78. The molecule has 2 aromatic rings. The van der Waals surface area contributed by atoms with E-state index in [2.05, 4.69) is 17.6 Å². The van der Waals surface area contributed by atoms with E-state index in [1.54, 1.807) is 18.2 Å². The molecule has 0 fully saturated rings. The molecule has 0 aliphatic heterocycles. The second-order valence-corrected chi connectivity index (χ2v) is 6.14. The Morgan fingerprint density at radius 1 is 1.07 bits per heavy atom. The van der Waals surface area contributed by atoms with Gasteiger partial charge in [0.15, 0.2) is 0 Å². The largest absolute Gasteiger partial charge is 0.416 e. The maximum Gasteiger partial charge on any atom is 0.416 e. The molecule has 0 saturated carbocycles. The Morgan fingerprint density at radius 2 is 1.68 bits per heavy atom. The van der Waals surface area contributed by atoms with Crippen molar-refractivity contribution in [3.63, 3.8) is 0 Å². The fourth-order valence-electron chi connectivity index (χ4n) is 2.39. The highest BCUT2D eigenvalue weighted by Gasteiger charge is 2.29. The molecule has 0 aliphatic carbocycles. The van der Waals surface area contributed by atoms with Crippen molar-refractivity contribution in [1.29, 1.82) is 5.26 Å². The maximum absolute atomic E-state index is 12.6. The zero-order chi connectivity index (χ0) is 20.6. The Hall–Kier alpha value is -3.27. The maximum atomic E-state index is 12.6. The standard InChI is InChI=1S/C21H20F3N3O/c1-2-3-4-15-5-9-19(10-6-15)27-20(28)16(13-25)14-26-18-11-7-17(8-12-18)21(22,23)24/h5-12,14,26H,2-4H2,1H3,(H,27,28)/b16-14-. The van der Waals surface area contributed by atoms with E-state index in [0.717, 1.165) is 37.6 Å². The van der Waals surface area contributed by atoms with Crippen molar-refractivity contribution in [1.82, 2.24) is 0 Å². The SMILES string of the molecule is CCCCc1ccc(NC(=O)/C(C#N)=C\Nc2ccc(C(F)(F)F)cc2)cc1. The number of alkyl halides is 3. The van der Waals surface area contributed by atoms with Gasteiger partial charge in [0.05, 0.1) is 5.56 Å². The van der Waals surface area contributed by atoms with Gasteiger partial charge in [0.25, 0.3) is 5.91 Å². The number of hydrogen-bond donors (Lipinski definition) is 2. The summed E-state index contributed by atoms with van der Waals surface area (Å²) < 4.78 is 37.7. The fraction of sp³-hybridized carbons (Fsp3) is 0.238. The van der Waals surface area contributed by atoms with Gasteiger partial charge in [-0.05, 0) is 54.8 Å². The lowest BCUT2D eigenvalue weighted by molar-refractivity contribution is -0.137. The van der Waals surface area contributed by atoms with Crippen LogP contribution in [0.15, 0.2) is 60.3 Å². The van der Waals surface area contributed by atoms with Crippen LogP contribution in [-0.4, -0.2) is 5.91 Å². The predicted octanol–water partition coefficient (Wildman–Crippen LogP) is 5.51. The van der Waals surface area contributed by atoms with Crippen LogP contribution in [0.1, 0.15) is 30.9 Å². The number of benzene rings is 2. The molecule has 0 aliphatic rings. The number of aryl methyl sites for hydroxylation is 1. The topological polar surface area (TPSA) is 64.9 Å². The second kappa shape index (κ2) is 9.60. The van der Waals surface area contributed by atoms with E-state index >= 15 is 0 Å². The predicted molar refractivity (Wildman–Crippen MR) is 102 cm³/mol. The van der Waals surface area contributed by atoms with Crippen LogP contribution < -0.4 is 10.6 Å². The molecule has 2 N–H and O–H groups in total. The lowest BCUT2D eigenvalue weighted by Gasteiger charge is -2.08. The first kappa shape index (κ1) is 21.0. The minimum absolute atomic E-state index is 0.199. The van der Waals surface area contributed by atoms with Crippen molar-refractivity contribution in [2.45, 2.75) is 32.4 Å². The lowest BCUT2D eigenvalue weighted by atomic mass is 10.1. The molecule has 0 heterocycles. The quantitative estimate of drug-likeness (QED) is 0.487. The molecular weight excluding hydrogens is 367 g/mol. The highest BCUT2D eigenvalue weighted by molar-refractivity contribution is 6.06. The minimum Gasteiger partial charge on any atom is -0.360 e. The molecule has 1 amide bonds. The molecule has 2 aromatic carbocycles. The molecule has 0 spiro atoms. The van der Waals surface area contributed by atoms with Gasteiger partial charge < -0.3 is 10.6 Å². The summed E-state index contributed by atoms with van der Waals surface area (Å²) in [5.41, 5.74) is 1.08. The molecule has 0 unspecified atom stereocenters. The average Bonchev–Trinajstić information content (AvgIpc) is 2.67. The molecular formula is C21H20F3N3O. The smallest absolute Gasteiger partial charge is 0.360 e. The fourth-order valence-corrected chi connectivity index (χ4v) is 2.39. The minimum atomic E-state index is -4.42. The number of rotatable bonds is 7. The van der Waals surface area contributed by atoms with Crippen LogP contribution in [0.3, 0.4) is 0 Å². The van der Waals surface area contributed by atoms with Crippen molar-refractivity contribution < 1.29 is 18.0 Å². The first-order valence-corrected chi connectivity index (χ1v) is 8.78. The van der Waals surface area contributed by atoms with E-state index in [-0.39, 0.29) is 5.57 Å². The Morgan fingerprint density at radius 3 is 2.21 bits per heavy atom. The number of nitrogens with one attached hydrogen (secondary N) is 2. The summed E-state index contributed by atoms with van der Waals surface area (Å²) in [6.45, 7) is 2.11. The van der Waals surface area contributed by atoms with Gasteiger partial charge >= 0.3 is 6.18 Å². The van der Waals surface area contributed by atoms with Crippen LogP contribution in [-0.2, 0) is 17.4 Å². The van der Waals surface area contributed by atoms with Gasteiger partial charge in [0, 0.05) is 17.6 Å². The number of carbonyl (C=O) groups is 1. The van der Waals surface area contributed by atoms with Crippen LogP contribution in [0.5, 0.6) is 0 Å². The van der Waals surface area contributed by atoms with Gasteiger partial charge in [-0.1, -0.05) is 25.5 Å². The number of carbonyl (C=O) groups excluding carboxylic acids is 1. The van der Waals surface area contributed by atoms with Gasteiger partial charge in [0.2, 0.25) is 0 Å². The Balaban J connectivity index is 1.99. The van der Waals surface area contributed by atoms with Crippen molar-refractivity contribution in [2.24, 2.45) is 0 Å². The molecule has 0 aromatic heterocycles. The summed E-state index contributed by atoms with van der Waals surface area (Å²) in [6.07, 6.45) is -0.111. The van der Waals surface area contributed by atoms with Crippen LogP contribution in [0.4, 0.5) is 24.5 Å². The van der Waals surface area contributed by atoms with E-state index in [1.165, 1.54) is 17.7 Å². The number of amides is 1. The van der Waals surface area contributed by atoms with Crippen LogP contribution in [0.25, 0.3) is 0 Å². The zero-order valence-corrected chi connectivity index (χ0v) is 15.3. The first-order chi connectivity index (χ1) is 13.3. The van der Waals surface area contributed by atoms with Crippen LogP contribution in [0.2, 0.25) is 0 Å². The summed E-state index contributed by atoms with van der Waals surface area (Å²) in [7, 11) is 0. The molecule has 0 bridgehead atoms.